The van der Waals surface area contributed by atoms with Crippen LogP contribution in [0.3, 0.4) is 0 Å². The third-order valence-electron chi connectivity index (χ3n) is 2.83. The van der Waals surface area contributed by atoms with Crippen molar-refractivity contribution in [3.63, 3.8) is 0 Å². The minimum atomic E-state index is -0.322. The lowest BCUT2D eigenvalue weighted by Gasteiger charge is -2.06. The molecule has 0 fully saturated rings. The van der Waals surface area contributed by atoms with E-state index in [2.05, 4.69) is 20.3 Å². The summed E-state index contributed by atoms with van der Waals surface area (Å²) in [6.45, 7) is 0. The number of aromatic nitrogens is 3. The summed E-state index contributed by atoms with van der Waals surface area (Å²) in [4.78, 5) is 23.1. The van der Waals surface area contributed by atoms with Crippen molar-refractivity contribution in [3.05, 3.63) is 54.0 Å². The second kappa shape index (κ2) is 4.82. The summed E-state index contributed by atoms with van der Waals surface area (Å²) in [5.41, 5.74) is 2.53. The van der Waals surface area contributed by atoms with Crippen LogP contribution < -0.4 is 5.32 Å². The molecule has 96 valence electrons. The van der Waals surface area contributed by atoms with Crippen molar-refractivity contribution in [3.8, 4) is 6.07 Å². The van der Waals surface area contributed by atoms with Crippen molar-refractivity contribution in [1.82, 2.24) is 15.0 Å². The number of nitrogens with zero attached hydrogens (tertiary/aromatic N) is 3. The Labute approximate surface area is 114 Å². The summed E-state index contributed by atoms with van der Waals surface area (Å²) in [7, 11) is 0. The summed E-state index contributed by atoms with van der Waals surface area (Å²) < 4.78 is 0. The number of nitrogens with one attached hydrogen (secondary N) is 2. The van der Waals surface area contributed by atoms with Crippen LogP contribution in [0.5, 0.6) is 0 Å². The number of pyridine rings is 1. The number of aromatic amines is 1. The number of fused-ring (bicyclic) bond motifs is 1. The minimum Gasteiger partial charge on any atom is -0.343 e. The Kier molecular flexibility index (Phi) is 2.86. The molecule has 0 aliphatic rings. The Morgan fingerprint density at radius 1 is 1.30 bits per heavy atom. The van der Waals surface area contributed by atoms with Gasteiger partial charge in [0, 0.05) is 6.20 Å². The van der Waals surface area contributed by atoms with Gasteiger partial charge in [-0.05, 0) is 18.2 Å². The number of imidazole rings is 1. The van der Waals surface area contributed by atoms with Crippen LogP contribution in [0.2, 0.25) is 0 Å². The lowest BCUT2D eigenvalue weighted by atomic mass is 10.2. The van der Waals surface area contributed by atoms with Gasteiger partial charge in [-0.1, -0.05) is 12.1 Å². The molecular weight excluding hydrogens is 254 g/mol. The predicted molar refractivity (Wildman–Crippen MR) is 73.0 cm³/mol. The Morgan fingerprint density at radius 2 is 2.15 bits per heavy atom. The fourth-order valence-corrected chi connectivity index (χ4v) is 1.84. The Morgan fingerprint density at radius 3 is 3.00 bits per heavy atom. The molecule has 2 heterocycles. The van der Waals surface area contributed by atoms with Gasteiger partial charge in [-0.2, -0.15) is 5.26 Å². The molecule has 6 heteroatoms. The minimum absolute atomic E-state index is 0.322. The average Bonchev–Trinajstić information content (AvgIpc) is 2.95. The van der Waals surface area contributed by atoms with E-state index in [0.29, 0.717) is 28.0 Å². The molecule has 0 radical (unpaired) electrons. The van der Waals surface area contributed by atoms with Crippen molar-refractivity contribution in [2.75, 3.05) is 5.32 Å². The molecular formula is C14H9N5O. The lowest BCUT2D eigenvalue weighted by molar-refractivity contribution is 0.102. The molecule has 0 spiro atoms. The molecule has 3 rings (SSSR count). The number of nitriles is 1. The highest BCUT2D eigenvalue weighted by atomic mass is 16.1. The monoisotopic (exact) mass is 263 g/mol. The predicted octanol–water partition coefficient (Wildman–Crippen LogP) is 2.08. The molecule has 0 bridgehead atoms. The molecule has 0 saturated heterocycles. The topological polar surface area (TPSA) is 94.5 Å². The van der Waals surface area contributed by atoms with Crippen LogP contribution in [-0.2, 0) is 0 Å². The molecule has 0 unspecified atom stereocenters. The van der Waals surface area contributed by atoms with E-state index in [1.54, 1.807) is 30.3 Å². The first kappa shape index (κ1) is 11.9. The summed E-state index contributed by atoms with van der Waals surface area (Å²) >= 11 is 0. The Hall–Kier alpha value is -3.20. The molecule has 0 atom stereocenters. The lowest BCUT2D eigenvalue weighted by Crippen LogP contribution is -2.13. The highest BCUT2D eigenvalue weighted by Crippen LogP contribution is 2.16. The summed E-state index contributed by atoms with van der Waals surface area (Å²) in [6, 6.07) is 10.5. The number of anilines is 1. The summed E-state index contributed by atoms with van der Waals surface area (Å²) in [5, 5.41) is 11.7. The number of para-hydroxylation sites is 1. The number of hydrogen-bond donors (Lipinski definition) is 2. The molecule has 1 aromatic carbocycles. The van der Waals surface area contributed by atoms with E-state index in [-0.39, 0.29) is 5.91 Å². The summed E-state index contributed by atoms with van der Waals surface area (Å²) in [6.07, 6.45) is 2.97. The molecule has 1 amide bonds. The standard InChI is InChI=1S/C14H9N5O/c15-6-9-3-1-2-4-11(9)19-14(20)10-5-12-13(16-7-10)18-8-17-12/h1-5,7-8H,(H,19,20)(H,16,17,18). The third kappa shape index (κ3) is 2.08. The van der Waals surface area contributed by atoms with Gasteiger partial charge in [0.15, 0.2) is 5.65 Å². The van der Waals surface area contributed by atoms with E-state index in [0.717, 1.165) is 0 Å². The van der Waals surface area contributed by atoms with Crippen molar-refractivity contribution >= 4 is 22.8 Å². The molecule has 0 saturated carbocycles. The van der Waals surface area contributed by atoms with Crippen molar-refractivity contribution in [2.45, 2.75) is 0 Å². The number of rotatable bonds is 2. The first-order valence-corrected chi connectivity index (χ1v) is 5.87. The van der Waals surface area contributed by atoms with E-state index in [4.69, 9.17) is 5.26 Å². The van der Waals surface area contributed by atoms with Gasteiger partial charge in [0.1, 0.15) is 6.07 Å². The fourth-order valence-electron chi connectivity index (χ4n) is 1.84. The smallest absolute Gasteiger partial charge is 0.257 e. The number of carbonyl (C=O) groups excluding carboxylic acids is 1. The van der Waals surface area contributed by atoms with Crippen LogP contribution in [-0.4, -0.2) is 20.9 Å². The first-order valence-electron chi connectivity index (χ1n) is 5.87. The van der Waals surface area contributed by atoms with Crippen molar-refractivity contribution in [2.24, 2.45) is 0 Å². The number of H-pyrrole nitrogens is 1. The van der Waals surface area contributed by atoms with Gasteiger partial charge in [0.25, 0.3) is 5.91 Å². The van der Waals surface area contributed by atoms with Crippen LogP contribution in [0.4, 0.5) is 5.69 Å². The number of benzene rings is 1. The Balaban J connectivity index is 1.91. The zero-order chi connectivity index (χ0) is 13.9. The van der Waals surface area contributed by atoms with E-state index in [1.807, 2.05) is 6.07 Å². The fraction of sp³-hybridized carbons (Fsp3) is 0. The molecule has 3 aromatic rings. The van der Waals surface area contributed by atoms with Gasteiger partial charge >= 0.3 is 0 Å². The molecule has 20 heavy (non-hydrogen) atoms. The van der Waals surface area contributed by atoms with Gasteiger partial charge < -0.3 is 10.3 Å². The largest absolute Gasteiger partial charge is 0.343 e. The van der Waals surface area contributed by atoms with E-state index in [9.17, 15) is 4.79 Å². The van der Waals surface area contributed by atoms with Crippen LogP contribution in [0.25, 0.3) is 11.2 Å². The van der Waals surface area contributed by atoms with Crippen LogP contribution >= 0.6 is 0 Å². The SMILES string of the molecule is N#Cc1ccccc1NC(=O)c1cnc2nc[nH]c2c1. The van der Waals surface area contributed by atoms with Crippen molar-refractivity contribution < 1.29 is 4.79 Å². The van der Waals surface area contributed by atoms with Crippen LogP contribution in [0.15, 0.2) is 42.9 Å². The van der Waals surface area contributed by atoms with Crippen molar-refractivity contribution in [1.29, 1.82) is 5.26 Å². The Bertz CT molecular complexity index is 831. The molecule has 6 nitrogen and oxygen atoms in total. The number of amides is 1. The zero-order valence-corrected chi connectivity index (χ0v) is 10.3. The van der Waals surface area contributed by atoms with Gasteiger partial charge in [0.05, 0.1) is 28.7 Å². The van der Waals surface area contributed by atoms with Gasteiger partial charge in [-0.3, -0.25) is 4.79 Å². The maximum Gasteiger partial charge on any atom is 0.257 e. The first-order chi connectivity index (χ1) is 9.78. The maximum absolute atomic E-state index is 12.2. The summed E-state index contributed by atoms with van der Waals surface area (Å²) in [5.74, 6) is -0.322. The normalized spacial score (nSPS) is 10.2. The highest BCUT2D eigenvalue weighted by molar-refractivity contribution is 6.05. The number of carbonyl (C=O) groups is 1. The average molecular weight is 263 g/mol. The third-order valence-corrected chi connectivity index (χ3v) is 2.83. The highest BCUT2D eigenvalue weighted by Gasteiger charge is 2.10. The van der Waals surface area contributed by atoms with Gasteiger partial charge in [0.2, 0.25) is 0 Å². The van der Waals surface area contributed by atoms with E-state index >= 15 is 0 Å². The van der Waals surface area contributed by atoms with E-state index < -0.39 is 0 Å². The second-order valence-electron chi connectivity index (χ2n) is 4.11. The zero-order valence-electron chi connectivity index (χ0n) is 10.3. The van der Waals surface area contributed by atoms with Crippen LogP contribution in [0.1, 0.15) is 15.9 Å². The molecule has 0 aliphatic heterocycles. The quantitative estimate of drug-likeness (QED) is 0.740. The molecule has 2 aromatic heterocycles. The van der Waals surface area contributed by atoms with Gasteiger partial charge in [-0.25, -0.2) is 9.97 Å². The van der Waals surface area contributed by atoms with E-state index in [1.165, 1.54) is 12.5 Å². The van der Waals surface area contributed by atoms with Crippen LogP contribution in [0, 0.1) is 11.3 Å². The number of hydrogen-bond acceptors (Lipinski definition) is 4. The molecule has 2 N–H and O–H groups in total. The second-order valence-corrected chi connectivity index (χ2v) is 4.11. The molecule has 0 aliphatic carbocycles. The maximum atomic E-state index is 12.2. The van der Waals surface area contributed by atoms with Gasteiger partial charge in [-0.15, -0.1) is 0 Å².